The lowest BCUT2D eigenvalue weighted by molar-refractivity contribution is 0.774. The molecule has 1 heteroatoms. The van der Waals surface area contributed by atoms with Crippen molar-refractivity contribution in [2.24, 2.45) is 0 Å². The first-order chi connectivity index (χ1) is 7.77. The van der Waals surface area contributed by atoms with Gasteiger partial charge in [-0.05, 0) is 24.8 Å². The van der Waals surface area contributed by atoms with Crippen LogP contribution in [0, 0.1) is 0 Å². The Bertz CT molecular complexity index is 313. The zero-order valence-electron chi connectivity index (χ0n) is 10.2. The summed E-state index contributed by atoms with van der Waals surface area (Å²) >= 11 is 6.24. The number of hydrogen-bond acceptors (Lipinski definition) is 0. The van der Waals surface area contributed by atoms with Crippen LogP contribution in [-0.4, -0.2) is 0 Å². The van der Waals surface area contributed by atoms with Crippen LogP contribution in [0.3, 0.4) is 0 Å². The molecule has 1 aromatic carbocycles. The quantitative estimate of drug-likeness (QED) is 0.612. The Labute approximate surface area is 104 Å². The van der Waals surface area contributed by atoms with E-state index in [1.807, 2.05) is 0 Å². The van der Waals surface area contributed by atoms with Crippen LogP contribution in [0.15, 0.2) is 41.4 Å². The highest BCUT2D eigenvalue weighted by molar-refractivity contribution is 6.29. The maximum Gasteiger partial charge on any atom is 0.0147 e. The molecule has 0 aliphatic carbocycles. The molecule has 0 saturated heterocycles. The summed E-state index contributed by atoms with van der Waals surface area (Å²) in [6, 6.07) is 10.6. The van der Waals surface area contributed by atoms with E-state index < -0.39 is 0 Å². The fourth-order valence-corrected chi connectivity index (χ4v) is 2.08. The topological polar surface area (TPSA) is 0 Å². The highest BCUT2D eigenvalue weighted by Gasteiger charge is 2.06. The van der Waals surface area contributed by atoms with Gasteiger partial charge in [0.2, 0.25) is 0 Å². The zero-order chi connectivity index (χ0) is 11.8. The molecule has 0 aliphatic rings. The third-order valence-corrected chi connectivity index (χ3v) is 3.13. The van der Waals surface area contributed by atoms with Gasteiger partial charge < -0.3 is 0 Å². The van der Waals surface area contributed by atoms with Gasteiger partial charge in [0, 0.05) is 11.0 Å². The Balaban J connectivity index is 2.68. The van der Waals surface area contributed by atoms with Crippen molar-refractivity contribution in [1.82, 2.24) is 0 Å². The van der Waals surface area contributed by atoms with Gasteiger partial charge >= 0.3 is 0 Å². The first kappa shape index (κ1) is 13.3. The summed E-state index contributed by atoms with van der Waals surface area (Å²) in [5, 5.41) is 1.01. The maximum atomic E-state index is 6.24. The lowest BCUT2D eigenvalue weighted by Gasteiger charge is -2.11. The molecule has 0 heterocycles. The van der Waals surface area contributed by atoms with Crippen molar-refractivity contribution in [2.75, 3.05) is 0 Å². The highest BCUT2D eigenvalue weighted by atomic mass is 35.5. The van der Waals surface area contributed by atoms with Crippen molar-refractivity contribution in [3.63, 3.8) is 0 Å². The van der Waals surface area contributed by atoms with Crippen LogP contribution in [0.5, 0.6) is 0 Å². The standard InChI is InChI=1S/C15H21Cl/c1-3-5-11-15(16)12-13(4-2)14-9-7-6-8-10-14/h6-10,12-13H,3-5,11H2,1-2H3/b15-12+. The minimum atomic E-state index is 0.463. The van der Waals surface area contributed by atoms with Gasteiger partial charge in [0.1, 0.15) is 0 Å². The molecule has 0 bridgehead atoms. The van der Waals surface area contributed by atoms with E-state index in [-0.39, 0.29) is 0 Å². The fourth-order valence-electron chi connectivity index (χ4n) is 1.80. The van der Waals surface area contributed by atoms with Gasteiger partial charge in [-0.2, -0.15) is 0 Å². The lowest BCUT2D eigenvalue weighted by Crippen LogP contribution is -1.93. The lowest BCUT2D eigenvalue weighted by atomic mass is 9.95. The van der Waals surface area contributed by atoms with E-state index in [9.17, 15) is 0 Å². The van der Waals surface area contributed by atoms with Crippen molar-refractivity contribution in [2.45, 2.75) is 45.4 Å². The SMILES string of the molecule is CCCC/C(Cl)=C\C(CC)c1ccccc1. The summed E-state index contributed by atoms with van der Waals surface area (Å²) in [4.78, 5) is 0. The van der Waals surface area contributed by atoms with Crippen molar-refractivity contribution < 1.29 is 0 Å². The molecule has 1 aromatic rings. The molecular formula is C15H21Cl. The summed E-state index contributed by atoms with van der Waals surface area (Å²) in [5.41, 5.74) is 1.36. The van der Waals surface area contributed by atoms with Crippen molar-refractivity contribution in [3.8, 4) is 0 Å². The normalized spacial score (nSPS) is 13.8. The van der Waals surface area contributed by atoms with E-state index >= 15 is 0 Å². The molecule has 0 amide bonds. The van der Waals surface area contributed by atoms with Crippen molar-refractivity contribution in [3.05, 3.63) is 47.0 Å². The molecule has 0 nitrogen and oxygen atoms in total. The monoisotopic (exact) mass is 236 g/mol. The van der Waals surface area contributed by atoms with Crippen LogP contribution in [-0.2, 0) is 0 Å². The molecule has 0 aliphatic heterocycles. The average Bonchev–Trinajstić information content (AvgIpc) is 2.34. The molecule has 1 rings (SSSR count). The average molecular weight is 237 g/mol. The number of benzene rings is 1. The Hall–Kier alpha value is -0.750. The van der Waals surface area contributed by atoms with E-state index in [0.717, 1.165) is 17.9 Å². The molecule has 16 heavy (non-hydrogen) atoms. The van der Waals surface area contributed by atoms with Gasteiger partial charge in [-0.25, -0.2) is 0 Å². The molecule has 0 fully saturated rings. The van der Waals surface area contributed by atoms with Crippen molar-refractivity contribution in [1.29, 1.82) is 0 Å². The first-order valence-corrected chi connectivity index (χ1v) is 6.56. The Morgan fingerprint density at radius 2 is 1.94 bits per heavy atom. The predicted octanol–water partition coefficient (Wildman–Crippen LogP) is 5.49. The summed E-state index contributed by atoms with van der Waals surface area (Å²) in [5.74, 6) is 0.463. The van der Waals surface area contributed by atoms with E-state index in [2.05, 4.69) is 50.3 Å². The molecule has 0 saturated carbocycles. The van der Waals surface area contributed by atoms with Crippen LogP contribution < -0.4 is 0 Å². The van der Waals surface area contributed by atoms with Crippen LogP contribution in [0.2, 0.25) is 0 Å². The largest absolute Gasteiger partial charge is 0.0895 e. The fraction of sp³-hybridized carbons (Fsp3) is 0.467. The van der Waals surface area contributed by atoms with Crippen LogP contribution in [0.25, 0.3) is 0 Å². The second-order valence-electron chi connectivity index (χ2n) is 4.14. The summed E-state index contributed by atoms with van der Waals surface area (Å²) < 4.78 is 0. The summed E-state index contributed by atoms with van der Waals surface area (Å²) in [6.07, 6.45) is 6.72. The van der Waals surface area contributed by atoms with Crippen LogP contribution >= 0.6 is 11.6 Å². The molecule has 1 unspecified atom stereocenters. The maximum absolute atomic E-state index is 6.24. The molecular weight excluding hydrogens is 216 g/mol. The molecule has 0 N–H and O–H groups in total. The first-order valence-electron chi connectivity index (χ1n) is 6.19. The molecule has 1 atom stereocenters. The van der Waals surface area contributed by atoms with Gasteiger partial charge in [-0.3, -0.25) is 0 Å². The molecule has 88 valence electrons. The minimum absolute atomic E-state index is 0.463. The van der Waals surface area contributed by atoms with Gasteiger partial charge in [-0.15, -0.1) is 0 Å². The third kappa shape index (κ3) is 4.40. The van der Waals surface area contributed by atoms with Gasteiger partial charge in [-0.1, -0.05) is 68.3 Å². The third-order valence-electron chi connectivity index (χ3n) is 2.82. The number of unbranched alkanes of at least 4 members (excludes halogenated alkanes) is 1. The Kier molecular flexibility index (Phi) is 6.25. The number of allylic oxidation sites excluding steroid dienone is 2. The van der Waals surface area contributed by atoms with E-state index in [1.165, 1.54) is 18.4 Å². The molecule has 0 radical (unpaired) electrons. The zero-order valence-corrected chi connectivity index (χ0v) is 11.0. The van der Waals surface area contributed by atoms with Gasteiger partial charge in [0.25, 0.3) is 0 Å². The van der Waals surface area contributed by atoms with Crippen LogP contribution in [0.4, 0.5) is 0 Å². The smallest absolute Gasteiger partial charge is 0.0147 e. The predicted molar refractivity (Wildman–Crippen MR) is 72.9 cm³/mol. The number of halogens is 1. The summed E-state index contributed by atoms with van der Waals surface area (Å²) in [7, 11) is 0. The van der Waals surface area contributed by atoms with E-state index in [0.29, 0.717) is 5.92 Å². The molecule has 0 spiro atoms. The van der Waals surface area contributed by atoms with E-state index in [1.54, 1.807) is 0 Å². The van der Waals surface area contributed by atoms with Gasteiger partial charge in [0.05, 0.1) is 0 Å². The second kappa shape index (κ2) is 7.51. The number of rotatable bonds is 6. The summed E-state index contributed by atoms with van der Waals surface area (Å²) in [6.45, 7) is 4.40. The highest BCUT2D eigenvalue weighted by Crippen LogP contribution is 2.25. The Morgan fingerprint density at radius 1 is 1.25 bits per heavy atom. The minimum Gasteiger partial charge on any atom is -0.0895 e. The Morgan fingerprint density at radius 3 is 2.50 bits per heavy atom. The second-order valence-corrected chi connectivity index (χ2v) is 4.63. The number of hydrogen-bond donors (Lipinski definition) is 0. The van der Waals surface area contributed by atoms with Crippen molar-refractivity contribution >= 4 is 11.6 Å². The van der Waals surface area contributed by atoms with Gasteiger partial charge in [0.15, 0.2) is 0 Å². The van der Waals surface area contributed by atoms with E-state index in [4.69, 9.17) is 11.6 Å². The van der Waals surface area contributed by atoms with Crippen LogP contribution in [0.1, 0.15) is 51.0 Å². The molecule has 0 aromatic heterocycles.